The van der Waals surface area contributed by atoms with Crippen LogP contribution in [0.3, 0.4) is 0 Å². The van der Waals surface area contributed by atoms with Crippen LogP contribution in [-0.4, -0.2) is 31.6 Å². The summed E-state index contributed by atoms with van der Waals surface area (Å²) in [5.74, 6) is 0.242. The summed E-state index contributed by atoms with van der Waals surface area (Å²) < 4.78 is 17.6. The third-order valence-electron chi connectivity index (χ3n) is 6.64. The van der Waals surface area contributed by atoms with E-state index < -0.39 is 5.79 Å². The molecule has 0 N–H and O–H groups in total. The third kappa shape index (κ3) is 2.99. The Labute approximate surface area is 155 Å². The van der Waals surface area contributed by atoms with Gasteiger partial charge in [0, 0.05) is 5.92 Å². The molecule has 0 bridgehead atoms. The van der Waals surface area contributed by atoms with Gasteiger partial charge in [-0.2, -0.15) is 0 Å². The molecule has 1 aromatic carbocycles. The second kappa shape index (κ2) is 6.82. The van der Waals surface area contributed by atoms with Crippen LogP contribution in [0.5, 0.6) is 0 Å². The lowest BCUT2D eigenvalue weighted by atomic mass is 9.59. The number of esters is 1. The predicted octanol–water partition coefficient (Wildman–Crippen LogP) is 4.22. The van der Waals surface area contributed by atoms with Crippen molar-refractivity contribution in [3.8, 4) is 0 Å². The Bertz CT molecular complexity index is 677. The summed E-state index contributed by atoms with van der Waals surface area (Å²) >= 11 is 0. The highest BCUT2D eigenvalue weighted by Gasteiger charge is 2.56. The molecule has 4 atom stereocenters. The number of carbonyl (C=O) groups excluding carboxylic acids is 1. The number of allylic oxidation sites excluding steroid dienone is 1. The highest BCUT2D eigenvalue weighted by Crippen LogP contribution is 2.58. The lowest BCUT2D eigenvalue weighted by Gasteiger charge is -2.48. The summed E-state index contributed by atoms with van der Waals surface area (Å²) in [5.41, 5.74) is 0.715. The molecule has 140 valence electrons. The molecule has 1 aromatic rings. The van der Waals surface area contributed by atoms with Gasteiger partial charge in [-0.3, -0.25) is 0 Å². The summed E-state index contributed by atoms with van der Waals surface area (Å²) in [7, 11) is 0. The van der Waals surface area contributed by atoms with Gasteiger partial charge in [-0.05, 0) is 49.1 Å². The number of hydrogen-bond donors (Lipinski definition) is 0. The molecule has 1 unspecified atom stereocenters. The number of carbonyl (C=O) groups is 1. The Morgan fingerprint density at radius 1 is 1.15 bits per heavy atom. The van der Waals surface area contributed by atoms with Crippen LogP contribution >= 0.6 is 0 Å². The fourth-order valence-electron chi connectivity index (χ4n) is 5.33. The molecule has 0 amide bonds. The largest absolute Gasteiger partial charge is 0.462 e. The van der Waals surface area contributed by atoms with E-state index in [0.29, 0.717) is 37.2 Å². The standard InChI is InChI=1S/C22H28O4/c1-21-12-6-9-17(15-24-20(23)16-7-4-3-5-8-16)18(21)10-11-19(21)22(2)25-13-14-26-22/h3-5,7-8,10-11,17-19H,6,9,12-15H2,1-2H3/t17-,18?,19-,21+/m0/s1. The summed E-state index contributed by atoms with van der Waals surface area (Å²) in [6.07, 6.45) is 8.00. The number of ether oxygens (including phenoxy) is 3. The number of rotatable bonds is 4. The van der Waals surface area contributed by atoms with Gasteiger partial charge in [0.15, 0.2) is 5.79 Å². The first-order valence-electron chi connectivity index (χ1n) is 9.71. The lowest BCUT2D eigenvalue weighted by Crippen LogP contribution is -2.48. The molecule has 1 aliphatic heterocycles. The van der Waals surface area contributed by atoms with Gasteiger partial charge in [0.05, 0.1) is 25.4 Å². The molecule has 0 aromatic heterocycles. The van der Waals surface area contributed by atoms with Crippen LogP contribution in [0, 0.1) is 23.2 Å². The first-order chi connectivity index (χ1) is 12.5. The van der Waals surface area contributed by atoms with Gasteiger partial charge in [-0.15, -0.1) is 0 Å². The van der Waals surface area contributed by atoms with E-state index in [0.717, 1.165) is 19.3 Å². The molecule has 1 saturated heterocycles. The minimum absolute atomic E-state index is 0.0984. The van der Waals surface area contributed by atoms with Crippen molar-refractivity contribution in [2.24, 2.45) is 23.2 Å². The minimum atomic E-state index is -0.525. The first kappa shape index (κ1) is 17.7. The quantitative estimate of drug-likeness (QED) is 0.599. The molecule has 0 spiro atoms. The molecule has 4 rings (SSSR count). The zero-order valence-corrected chi connectivity index (χ0v) is 15.6. The topological polar surface area (TPSA) is 44.8 Å². The van der Waals surface area contributed by atoms with E-state index >= 15 is 0 Å². The van der Waals surface area contributed by atoms with Crippen LogP contribution in [0.4, 0.5) is 0 Å². The Balaban J connectivity index is 1.45. The van der Waals surface area contributed by atoms with Crippen molar-refractivity contribution in [2.75, 3.05) is 19.8 Å². The molecule has 0 radical (unpaired) electrons. The lowest BCUT2D eigenvalue weighted by molar-refractivity contribution is -0.202. The fraction of sp³-hybridized carbons (Fsp3) is 0.591. The molecule has 1 saturated carbocycles. The molecule has 4 heteroatoms. The van der Waals surface area contributed by atoms with Gasteiger partial charge in [-0.25, -0.2) is 4.79 Å². The van der Waals surface area contributed by atoms with Crippen molar-refractivity contribution < 1.29 is 19.0 Å². The highest BCUT2D eigenvalue weighted by molar-refractivity contribution is 5.89. The smallest absolute Gasteiger partial charge is 0.338 e. The molecule has 3 aliphatic rings. The third-order valence-corrected chi connectivity index (χ3v) is 6.64. The van der Waals surface area contributed by atoms with Gasteiger partial charge < -0.3 is 14.2 Å². The molecule has 4 nitrogen and oxygen atoms in total. The number of hydrogen-bond acceptors (Lipinski definition) is 4. The van der Waals surface area contributed by atoms with Gasteiger partial charge in [0.25, 0.3) is 0 Å². The second-order valence-corrected chi connectivity index (χ2v) is 8.22. The van der Waals surface area contributed by atoms with E-state index in [1.807, 2.05) is 18.2 Å². The average Bonchev–Trinajstić information content (AvgIpc) is 3.24. The van der Waals surface area contributed by atoms with E-state index in [9.17, 15) is 4.79 Å². The molecule has 1 heterocycles. The van der Waals surface area contributed by atoms with Crippen molar-refractivity contribution in [3.05, 3.63) is 48.0 Å². The van der Waals surface area contributed by atoms with E-state index in [1.54, 1.807) is 12.1 Å². The maximum atomic E-state index is 12.3. The van der Waals surface area contributed by atoms with Crippen molar-refractivity contribution in [1.29, 1.82) is 0 Å². The second-order valence-electron chi connectivity index (χ2n) is 8.22. The van der Waals surface area contributed by atoms with Crippen LogP contribution < -0.4 is 0 Å². The minimum Gasteiger partial charge on any atom is -0.462 e. The fourth-order valence-corrected chi connectivity index (χ4v) is 5.33. The van der Waals surface area contributed by atoms with Gasteiger partial charge in [0.2, 0.25) is 0 Å². The van der Waals surface area contributed by atoms with Gasteiger partial charge in [-0.1, -0.05) is 43.7 Å². The van der Waals surface area contributed by atoms with Crippen LogP contribution in [0.25, 0.3) is 0 Å². The maximum absolute atomic E-state index is 12.3. The summed E-state index contributed by atoms with van der Waals surface area (Å²) in [6.45, 7) is 6.23. The Kier molecular flexibility index (Phi) is 4.66. The van der Waals surface area contributed by atoms with Crippen molar-refractivity contribution in [1.82, 2.24) is 0 Å². The SMILES string of the molecule is CC1([C@H]2C=CC3[C@H](COC(=O)c4ccccc4)CCC[C@]32C)OCCO1. The Morgan fingerprint density at radius 2 is 1.88 bits per heavy atom. The van der Waals surface area contributed by atoms with E-state index in [4.69, 9.17) is 14.2 Å². The Hall–Kier alpha value is -1.65. The number of fused-ring (bicyclic) bond motifs is 1. The average molecular weight is 356 g/mol. The van der Waals surface area contributed by atoms with Crippen molar-refractivity contribution >= 4 is 5.97 Å². The molecular formula is C22H28O4. The van der Waals surface area contributed by atoms with Crippen molar-refractivity contribution in [3.63, 3.8) is 0 Å². The van der Waals surface area contributed by atoms with Gasteiger partial charge in [0.1, 0.15) is 0 Å². The molecule has 2 fully saturated rings. The van der Waals surface area contributed by atoms with Crippen molar-refractivity contribution in [2.45, 2.75) is 38.9 Å². The first-order valence-corrected chi connectivity index (χ1v) is 9.71. The summed E-state index contributed by atoms with van der Waals surface area (Å²) in [4.78, 5) is 12.3. The predicted molar refractivity (Wildman–Crippen MR) is 98.6 cm³/mol. The maximum Gasteiger partial charge on any atom is 0.338 e. The normalized spacial score (nSPS) is 35.2. The monoisotopic (exact) mass is 356 g/mol. The van der Waals surface area contributed by atoms with Gasteiger partial charge >= 0.3 is 5.97 Å². The molecule has 2 aliphatic carbocycles. The zero-order valence-electron chi connectivity index (χ0n) is 15.6. The summed E-state index contributed by atoms with van der Waals surface area (Å²) in [5, 5.41) is 0. The van der Waals surface area contributed by atoms with Crippen LogP contribution in [0.2, 0.25) is 0 Å². The van der Waals surface area contributed by atoms with E-state index in [2.05, 4.69) is 26.0 Å². The van der Waals surface area contributed by atoms with E-state index in [-0.39, 0.29) is 17.3 Å². The highest BCUT2D eigenvalue weighted by atomic mass is 16.7. The molecule has 26 heavy (non-hydrogen) atoms. The Morgan fingerprint density at radius 3 is 2.62 bits per heavy atom. The van der Waals surface area contributed by atoms with Crippen LogP contribution in [-0.2, 0) is 14.2 Å². The van der Waals surface area contributed by atoms with Crippen LogP contribution in [0.1, 0.15) is 43.5 Å². The summed E-state index contributed by atoms with van der Waals surface area (Å²) in [6, 6.07) is 9.23. The zero-order chi connectivity index (χ0) is 18.2. The van der Waals surface area contributed by atoms with E-state index in [1.165, 1.54) is 0 Å². The number of benzene rings is 1. The van der Waals surface area contributed by atoms with Crippen LogP contribution in [0.15, 0.2) is 42.5 Å². The molecular weight excluding hydrogens is 328 g/mol.